The SMILES string of the molecule is COCCN1C(=O)CC(c2ccc(Cl)cc2)C(C(=O)OCc2ccc(C(=O)OC)cc2)=C1C. The number of carbonyl (C=O) groups excluding carboxylic acids is 3. The number of hydrogen-bond acceptors (Lipinski definition) is 6. The Morgan fingerprint density at radius 1 is 1.03 bits per heavy atom. The molecule has 1 aliphatic heterocycles. The molecule has 3 rings (SSSR count). The third-order valence-electron chi connectivity index (χ3n) is 5.58. The van der Waals surface area contributed by atoms with Crippen LogP contribution in [0.25, 0.3) is 0 Å². The quantitative estimate of drug-likeness (QED) is 0.539. The molecule has 0 radical (unpaired) electrons. The summed E-state index contributed by atoms with van der Waals surface area (Å²) in [4.78, 5) is 39.2. The summed E-state index contributed by atoms with van der Waals surface area (Å²) in [6.45, 7) is 2.47. The van der Waals surface area contributed by atoms with E-state index in [1.807, 2.05) is 12.1 Å². The Morgan fingerprint density at radius 2 is 1.70 bits per heavy atom. The van der Waals surface area contributed by atoms with Crippen LogP contribution in [0.1, 0.15) is 40.7 Å². The van der Waals surface area contributed by atoms with Gasteiger partial charge in [0.1, 0.15) is 6.61 Å². The second-order valence-corrected chi connectivity index (χ2v) is 8.05. The standard InChI is InChI=1S/C25H26ClNO6/c1-16-23(25(30)33-15-17-4-6-19(7-5-17)24(29)32-3)21(18-8-10-20(26)11-9-18)14-22(28)27(16)12-13-31-2/h4-11,21H,12-15H2,1-3H3. The fourth-order valence-electron chi connectivity index (χ4n) is 3.80. The largest absolute Gasteiger partial charge is 0.465 e. The van der Waals surface area contributed by atoms with E-state index in [9.17, 15) is 14.4 Å². The summed E-state index contributed by atoms with van der Waals surface area (Å²) in [5.74, 6) is -1.46. The molecule has 2 aromatic rings. The van der Waals surface area contributed by atoms with Crippen molar-refractivity contribution >= 4 is 29.4 Å². The van der Waals surface area contributed by atoms with Gasteiger partial charge in [0.05, 0.1) is 24.9 Å². The number of rotatable bonds is 8. The van der Waals surface area contributed by atoms with E-state index in [1.54, 1.807) is 55.3 Å². The molecule has 0 spiro atoms. The van der Waals surface area contributed by atoms with Crippen molar-refractivity contribution in [2.75, 3.05) is 27.4 Å². The molecule has 0 aliphatic carbocycles. The zero-order chi connectivity index (χ0) is 24.0. The zero-order valence-electron chi connectivity index (χ0n) is 18.8. The van der Waals surface area contributed by atoms with Crippen molar-refractivity contribution in [3.8, 4) is 0 Å². The number of methoxy groups -OCH3 is 2. The highest BCUT2D eigenvalue weighted by molar-refractivity contribution is 6.30. The minimum absolute atomic E-state index is 0.0242. The average Bonchev–Trinajstić information content (AvgIpc) is 2.82. The van der Waals surface area contributed by atoms with E-state index >= 15 is 0 Å². The van der Waals surface area contributed by atoms with E-state index < -0.39 is 17.9 Å². The summed E-state index contributed by atoms with van der Waals surface area (Å²) >= 11 is 6.02. The van der Waals surface area contributed by atoms with Gasteiger partial charge in [0.2, 0.25) is 5.91 Å². The van der Waals surface area contributed by atoms with E-state index in [2.05, 4.69) is 0 Å². The first-order valence-electron chi connectivity index (χ1n) is 10.5. The molecular weight excluding hydrogens is 446 g/mol. The second-order valence-electron chi connectivity index (χ2n) is 7.61. The number of ether oxygens (including phenoxy) is 3. The van der Waals surface area contributed by atoms with Gasteiger partial charge < -0.3 is 19.1 Å². The van der Waals surface area contributed by atoms with Crippen LogP contribution in [0.4, 0.5) is 0 Å². The molecule has 174 valence electrons. The third kappa shape index (κ3) is 5.80. The molecule has 33 heavy (non-hydrogen) atoms. The van der Waals surface area contributed by atoms with E-state index in [1.165, 1.54) is 7.11 Å². The molecule has 7 nitrogen and oxygen atoms in total. The predicted octanol–water partition coefficient (Wildman–Crippen LogP) is 4.11. The summed E-state index contributed by atoms with van der Waals surface area (Å²) in [6, 6.07) is 13.7. The van der Waals surface area contributed by atoms with Gasteiger partial charge in [0.25, 0.3) is 0 Å². The Hall–Kier alpha value is -3.16. The van der Waals surface area contributed by atoms with Crippen LogP contribution in [0.3, 0.4) is 0 Å². The molecule has 0 aromatic heterocycles. The molecule has 1 unspecified atom stereocenters. The molecule has 2 aromatic carbocycles. The fraction of sp³-hybridized carbons (Fsp3) is 0.320. The minimum atomic E-state index is -0.501. The van der Waals surface area contributed by atoms with Crippen LogP contribution in [-0.2, 0) is 30.4 Å². The molecule has 1 heterocycles. The van der Waals surface area contributed by atoms with Crippen LogP contribution >= 0.6 is 11.6 Å². The Balaban J connectivity index is 1.85. The molecule has 0 N–H and O–H groups in total. The average molecular weight is 472 g/mol. The van der Waals surface area contributed by atoms with Crippen molar-refractivity contribution in [1.82, 2.24) is 4.90 Å². The topological polar surface area (TPSA) is 82.1 Å². The minimum Gasteiger partial charge on any atom is -0.465 e. The number of allylic oxidation sites excluding steroid dienone is 1. The molecule has 0 bridgehead atoms. The van der Waals surface area contributed by atoms with Gasteiger partial charge in [-0.3, -0.25) is 4.79 Å². The van der Waals surface area contributed by atoms with Crippen molar-refractivity contribution in [3.63, 3.8) is 0 Å². The van der Waals surface area contributed by atoms with Gasteiger partial charge >= 0.3 is 11.9 Å². The van der Waals surface area contributed by atoms with Crippen LogP contribution < -0.4 is 0 Å². The van der Waals surface area contributed by atoms with Gasteiger partial charge in [-0.05, 0) is 42.3 Å². The number of halogens is 1. The summed E-state index contributed by atoms with van der Waals surface area (Å²) < 4.78 is 15.4. The molecule has 0 saturated heterocycles. The maximum absolute atomic E-state index is 13.2. The summed E-state index contributed by atoms with van der Waals surface area (Å²) in [7, 11) is 2.88. The van der Waals surface area contributed by atoms with Crippen molar-refractivity contribution in [2.45, 2.75) is 25.9 Å². The normalized spacial score (nSPS) is 16.1. The van der Waals surface area contributed by atoms with Crippen LogP contribution in [0, 0.1) is 0 Å². The highest BCUT2D eigenvalue weighted by atomic mass is 35.5. The smallest absolute Gasteiger partial charge is 0.337 e. The molecule has 1 atom stereocenters. The molecular formula is C25H26ClNO6. The lowest BCUT2D eigenvalue weighted by molar-refractivity contribution is -0.141. The summed E-state index contributed by atoms with van der Waals surface area (Å²) in [5, 5.41) is 0.572. The Bertz CT molecular complexity index is 1050. The molecule has 0 saturated carbocycles. The van der Waals surface area contributed by atoms with Crippen molar-refractivity contribution in [2.24, 2.45) is 0 Å². The van der Waals surface area contributed by atoms with Gasteiger partial charge in [-0.15, -0.1) is 0 Å². The molecule has 0 fully saturated rings. The van der Waals surface area contributed by atoms with Crippen molar-refractivity contribution in [3.05, 3.63) is 81.5 Å². The number of esters is 2. The first-order valence-corrected chi connectivity index (χ1v) is 10.8. The number of hydrogen-bond donors (Lipinski definition) is 0. The molecule has 1 amide bonds. The van der Waals surface area contributed by atoms with E-state index in [-0.39, 0.29) is 18.9 Å². The monoisotopic (exact) mass is 471 g/mol. The van der Waals surface area contributed by atoms with Crippen molar-refractivity contribution in [1.29, 1.82) is 0 Å². The van der Waals surface area contributed by atoms with E-state index in [4.69, 9.17) is 25.8 Å². The van der Waals surface area contributed by atoms with E-state index in [0.717, 1.165) is 11.1 Å². The van der Waals surface area contributed by atoms with Gasteiger partial charge in [-0.1, -0.05) is 35.9 Å². The van der Waals surface area contributed by atoms with Gasteiger partial charge in [0.15, 0.2) is 0 Å². The van der Waals surface area contributed by atoms with Crippen LogP contribution in [-0.4, -0.2) is 50.1 Å². The van der Waals surface area contributed by atoms with Crippen LogP contribution in [0.5, 0.6) is 0 Å². The van der Waals surface area contributed by atoms with Crippen molar-refractivity contribution < 1.29 is 28.6 Å². The molecule has 1 aliphatic rings. The number of benzene rings is 2. The maximum Gasteiger partial charge on any atom is 0.337 e. The first kappa shape index (κ1) is 24.5. The Kier molecular flexibility index (Phi) is 8.25. The lowest BCUT2D eigenvalue weighted by atomic mass is 9.83. The summed E-state index contributed by atoms with van der Waals surface area (Å²) in [6.07, 6.45) is 0.140. The maximum atomic E-state index is 13.2. The predicted molar refractivity (Wildman–Crippen MR) is 123 cm³/mol. The van der Waals surface area contributed by atoms with Crippen LogP contribution in [0.2, 0.25) is 5.02 Å². The Labute approximate surface area is 197 Å². The number of amides is 1. The highest BCUT2D eigenvalue weighted by Crippen LogP contribution is 2.37. The number of carbonyl (C=O) groups is 3. The second kappa shape index (κ2) is 11.1. The molecule has 8 heteroatoms. The van der Waals surface area contributed by atoms with Crippen LogP contribution in [0.15, 0.2) is 59.8 Å². The van der Waals surface area contributed by atoms with Gasteiger partial charge in [-0.2, -0.15) is 0 Å². The lowest BCUT2D eigenvalue weighted by Crippen LogP contribution is -2.40. The van der Waals surface area contributed by atoms with Gasteiger partial charge in [-0.25, -0.2) is 9.59 Å². The van der Waals surface area contributed by atoms with Gasteiger partial charge in [0, 0.05) is 36.7 Å². The first-order chi connectivity index (χ1) is 15.8. The van der Waals surface area contributed by atoms with E-state index in [0.29, 0.717) is 35.0 Å². The number of nitrogens with zero attached hydrogens (tertiary/aromatic N) is 1. The lowest BCUT2D eigenvalue weighted by Gasteiger charge is -2.34. The Morgan fingerprint density at radius 3 is 2.30 bits per heavy atom. The summed E-state index contributed by atoms with van der Waals surface area (Å²) in [5.41, 5.74) is 2.93. The third-order valence-corrected chi connectivity index (χ3v) is 5.83. The highest BCUT2D eigenvalue weighted by Gasteiger charge is 2.36. The fourth-order valence-corrected chi connectivity index (χ4v) is 3.92. The zero-order valence-corrected chi connectivity index (χ0v) is 19.6.